The molecule has 2 aliphatic rings. The van der Waals surface area contributed by atoms with Gasteiger partial charge in [0.05, 0.1) is 11.4 Å². The van der Waals surface area contributed by atoms with E-state index >= 15 is 0 Å². The van der Waals surface area contributed by atoms with Gasteiger partial charge in [-0.15, -0.1) is 0 Å². The zero-order valence-electron chi connectivity index (χ0n) is 25.8. The summed E-state index contributed by atoms with van der Waals surface area (Å²) in [6.07, 6.45) is 6.45. The fourth-order valence-corrected chi connectivity index (χ4v) is 6.62. The Balaban J connectivity index is 1.23. The van der Waals surface area contributed by atoms with Crippen molar-refractivity contribution >= 4 is 28.2 Å². The molecule has 7 nitrogen and oxygen atoms in total. The molecule has 0 spiro atoms. The van der Waals surface area contributed by atoms with E-state index in [0.29, 0.717) is 30.8 Å². The van der Waals surface area contributed by atoms with Crippen molar-refractivity contribution < 1.29 is 9.53 Å². The summed E-state index contributed by atoms with van der Waals surface area (Å²) in [6, 6.07) is 23.5. The number of hydrogen-bond acceptors (Lipinski definition) is 5. The lowest BCUT2D eigenvalue weighted by Gasteiger charge is -2.36. The third kappa shape index (κ3) is 6.58. The maximum absolute atomic E-state index is 14.0. The minimum Gasteiger partial charge on any atom is -0.492 e. The molecule has 4 aromatic rings. The molecule has 1 amide bonds. The van der Waals surface area contributed by atoms with Crippen LogP contribution >= 0.6 is 0 Å². The Hall–Kier alpha value is -3.81. The minimum absolute atomic E-state index is 0.000826. The van der Waals surface area contributed by atoms with Gasteiger partial charge in [-0.2, -0.15) is 0 Å². The molecule has 3 heterocycles. The Morgan fingerprint density at radius 3 is 2.67 bits per heavy atom. The van der Waals surface area contributed by atoms with Gasteiger partial charge in [-0.1, -0.05) is 25.1 Å². The lowest BCUT2D eigenvalue weighted by atomic mass is 10.0. The molecule has 0 bridgehead atoms. The van der Waals surface area contributed by atoms with Gasteiger partial charge in [0.15, 0.2) is 0 Å². The lowest BCUT2D eigenvalue weighted by Crippen LogP contribution is -2.44. The van der Waals surface area contributed by atoms with Gasteiger partial charge < -0.3 is 24.8 Å². The molecule has 2 N–H and O–H groups in total. The molecule has 0 saturated carbocycles. The number of fused-ring (bicyclic) bond motifs is 2. The summed E-state index contributed by atoms with van der Waals surface area (Å²) in [7, 11) is 2.26. The number of nitrogens with one attached hydrogen (secondary N) is 2. The number of anilines is 2. The van der Waals surface area contributed by atoms with E-state index in [9.17, 15) is 4.79 Å². The summed E-state index contributed by atoms with van der Waals surface area (Å²) in [6.45, 7) is 9.90. The van der Waals surface area contributed by atoms with Crippen LogP contribution < -0.4 is 15.0 Å². The Kier molecular flexibility index (Phi) is 9.00. The predicted octanol–water partition coefficient (Wildman–Crippen LogP) is 6.87. The van der Waals surface area contributed by atoms with Crippen molar-refractivity contribution in [2.45, 2.75) is 51.6 Å². The van der Waals surface area contributed by atoms with E-state index in [1.54, 1.807) is 0 Å². The molecule has 1 saturated heterocycles. The molecule has 226 valence electrons. The van der Waals surface area contributed by atoms with Gasteiger partial charge in [-0.25, -0.2) is 0 Å². The van der Waals surface area contributed by atoms with E-state index in [1.807, 2.05) is 41.4 Å². The first-order valence-electron chi connectivity index (χ1n) is 15.9. The van der Waals surface area contributed by atoms with Crippen LogP contribution in [0.5, 0.6) is 5.75 Å². The Morgan fingerprint density at radius 1 is 1.00 bits per heavy atom. The number of para-hydroxylation sites is 2. The highest BCUT2D eigenvalue weighted by molar-refractivity contribution is 6.08. The van der Waals surface area contributed by atoms with Crippen LogP contribution in [0.3, 0.4) is 0 Å². The molecule has 1 atom stereocenters. The van der Waals surface area contributed by atoms with E-state index < -0.39 is 0 Å². The number of likely N-dealkylation sites (tertiary alicyclic amines) is 1. The second kappa shape index (κ2) is 13.2. The van der Waals surface area contributed by atoms with E-state index in [4.69, 9.17) is 4.74 Å². The van der Waals surface area contributed by atoms with Gasteiger partial charge in [0.1, 0.15) is 12.4 Å². The second-order valence-corrected chi connectivity index (χ2v) is 12.2. The molecular weight excluding hydrogens is 534 g/mol. The number of benzene rings is 3. The summed E-state index contributed by atoms with van der Waals surface area (Å²) in [5, 5.41) is 4.71. The topological polar surface area (TPSA) is 63.8 Å². The molecule has 6 rings (SSSR count). The molecular formula is C36H45N5O2. The number of carbonyl (C=O) groups is 1. The van der Waals surface area contributed by atoms with Crippen molar-refractivity contribution in [3.8, 4) is 16.9 Å². The van der Waals surface area contributed by atoms with Crippen LogP contribution in [0.2, 0.25) is 0 Å². The maximum Gasteiger partial charge on any atom is 0.258 e. The first kappa shape index (κ1) is 29.3. The monoisotopic (exact) mass is 579 g/mol. The third-order valence-electron chi connectivity index (χ3n) is 9.14. The van der Waals surface area contributed by atoms with Crippen molar-refractivity contribution in [1.82, 2.24) is 14.8 Å². The number of nitrogens with zero attached hydrogens (tertiary/aromatic N) is 3. The standard InChI is InChI=1S/C36H45N5O2/c1-4-18-39(3)30-15-19-40(20-16-30)22-23-43-35-25-29(9-11-31(35)27-10-12-32-28(24-27)13-17-37-32)36(42)41-21-14-26(2)38-33-7-5-6-8-34(33)41/h5-13,17,24-26,30,37-38H,4,14-16,18-23H2,1-3H3/t26-/m0/s1. The molecule has 7 heteroatoms. The van der Waals surface area contributed by atoms with Crippen molar-refractivity contribution in [3.05, 3.63) is 78.5 Å². The van der Waals surface area contributed by atoms with Crippen LogP contribution in [0.15, 0.2) is 72.9 Å². The summed E-state index contributed by atoms with van der Waals surface area (Å²) in [5.41, 5.74) is 5.76. The number of ether oxygens (including phenoxy) is 1. The summed E-state index contributed by atoms with van der Waals surface area (Å²) in [4.78, 5) is 24.3. The van der Waals surface area contributed by atoms with E-state index in [1.165, 1.54) is 25.8 Å². The molecule has 1 aromatic heterocycles. The average molecular weight is 580 g/mol. The van der Waals surface area contributed by atoms with Crippen LogP contribution in [0.1, 0.15) is 49.9 Å². The largest absolute Gasteiger partial charge is 0.492 e. The number of aromatic nitrogens is 1. The van der Waals surface area contributed by atoms with Gasteiger partial charge >= 0.3 is 0 Å². The normalized spacial score (nSPS) is 18.0. The number of rotatable bonds is 9. The zero-order valence-corrected chi connectivity index (χ0v) is 25.8. The average Bonchev–Trinajstić information content (AvgIpc) is 3.43. The van der Waals surface area contributed by atoms with Crippen LogP contribution in [0.4, 0.5) is 11.4 Å². The number of piperidine rings is 1. The highest BCUT2D eigenvalue weighted by Crippen LogP contribution is 2.35. The number of amides is 1. The van der Waals surface area contributed by atoms with E-state index in [2.05, 4.69) is 77.4 Å². The Morgan fingerprint density at radius 2 is 1.84 bits per heavy atom. The fraction of sp³-hybridized carbons (Fsp3) is 0.417. The molecule has 0 radical (unpaired) electrons. The highest BCUT2D eigenvalue weighted by Gasteiger charge is 2.26. The second-order valence-electron chi connectivity index (χ2n) is 12.2. The molecule has 0 aliphatic carbocycles. The highest BCUT2D eigenvalue weighted by atomic mass is 16.5. The van der Waals surface area contributed by atoms with E-state index in [-0.39, 0.29) is 5.91 Å². The van der Waals surface area contributed by atoms with Gasteiger partial charge in [0, 0.05) is 48.0 Å². The summed E-state index contributed by atoms with van der Waals surface area (Å²) in [5.74, 6) is 0.756. The van der Waals surface area contributed by atoms with Gasteiger partial charge in [-0.3, -0.25) is 9.69 Å². The summed E-state index contributed by atoms with van der Waals surface area (Å²) < 4.78 is 6.55. The van der Waals surface area contributed by atoms with Gasteiger partial charge in [-0.05, 0) is 119 Å². The molecule has 0 unspecified atom stereocenters. The van der Waals surface area contributed by atoms with Crippen molar-refractivity contribution in [2.24, 2.45) is 0 Å². The van der Waals surface area contributed by atoms with Crippen molar-refractivity contribution in [2.75, 3.05) is 56.6 Å². The molecule has 43 heavy (non-hydrogen) atoms. The smallest absolute Gasteiger partial charge is 0.258 e. The van der Waals surface area contributed by atoms with Crippen molar-refractivity contribution in [3.63, 3.8) is 0 Å². The first-order valence-corrected chi connectivity index (χ1v) is 15.9. The first-order chi connectivity index (χ1) is 21.0. The maximum atomic E-state index is 14.0. The van der Waals surface area contributed by atoms with Crippen LogP contribution in [-0.4, -0.2) is 79.2 Å². The Bertz CT molecular complexity index is 1540. The van der Waals surface area contributed by atoms with Crippen LogP contribution in [-0.2, 0) is 0 Å². The fourth-order valence-electron chi connectivity index (χ4n) is 6.62. The Labute approximate surface area is 255 Å². The zero-order chi connectivity index (χ0) is 29.8. The quantitative estimate of drug-likeness (QED) is 0.227. The predicted molar refractivity (Wildman–Crippen MR) is 177 cm³/mol. The molecule has 1 fully saturated rings. The number of carbonyl (C=O) groups excluding carboxylic acids is 1. The van der Waals surface area contributed by atoms with Gasteiger partial charge in [0.2, 0.25) is 0 Å². The SMILES string of the molecule is CCCN(C)C1CCN(CCOc2cc(C(=O)N3CC[C@H](C)Nc4ccccc43)ccc2-c2ccc3[nH]ccc3c2)CC1. The number of hydrogen-bond donors (Lipinski definition) is 2. The minimum atomic E-state index is -0.000826. The third-order valence-corrected chi connectivity index (χ3v) is 9.14. The van der Waals surface area contributed by atoms with Gasteiger partial charge in [0.25, 0.3) is 5.91 Å². The number of H-pyrrole nitrogens is 1. The van der Waals surface area contributed by atoms with Crippen LogP contribution in [0.25, 0.3) is 22.0 Å². The molecule has 3 aromatic carbocycles. The molecule has 2 aliphatic heterocycles. The summed E-state index contributed by atoms with van der Waals surface area (Å²) >= 11 is 0. The van der Waals surface area contributed by atoms with E-state index in [0.717, 1.165) is 65.2 Å². The number of aromatic amines is 1. The lowest BCUT2D eigenvalue weighted by molar-refractivity contribution is 0.0986. The van der Waals surface area contributed by atoms with Crippen LogP contribution in [0, 0.1) is 0 Å². The van der Waals surface area contributed by atoms with Crippen molar-refractivity contribution in [1.29, 1.82) is 0 Å².